The first kappa shape index (κ1) is 12.0. The SMILES string of the molecule is O=C(O)C1(NCCc2cccnc2)CCCC1. The first-order valence-corrected chi connectivity index (χ1v) is 6.10. The van der Waals surface area contributed by atoms with Gasteiger partial charge in [0.05, 0.1) is 0 Å². The van der Waals surface area contributed by atoms with Gasteiger partial charge in [0.2, 0.25) is 0 Å². The zero-order chi connectivity index (χ0) is 12.1. The van der Waals surface area contributed by atoms with Crippen molar-refractivity contribution in [3.63, 3.8) is 0 Å². The van der Waals surface area contributed by atoms with Crippen molar-refractivity contribution < 1.29 is 9.90 Å². The van der Waals surface area contributed by atoms with Crippen LogP contribution in [-0.2, 0) is 11.2 Å². The fourth-order valence-corrected chi connectivity index (χ4v) is 2.44. The molecule has 0 aliphatic heterocycles. The number of nitrogens with zero attached hydrogens (tertiary/aromatic N) is 1. The minimum absolute atomic E-state index is 0.678. The van der Waals surface area contributed by atoms with Gasteiger partial charge in [-0.1, -0.05) is 18.9 Å². The number of carboxylic acids is 1. The van der Waals surface area contributed by atoms with Crippen molar-refractivity contribution in [3.05, 3.63) is 30.1 Å². The van der Waals surface area contributed by atoms with Gasteiger partial charge in [0.1, 0.15) is 5.54 Å². The van der Waals surface area contributed by atoms with E-state index in [1.54, 1.807) is 6.20 Å². The quantitative estimate of drug-likeness (QED) is 0.812. The third-order valence-electron chi connectivity index (χ3n) is 3.47. The molecule has 4 heteroatoms. The zero-order valence-electron chi connectivity index (χ0n) is 9.85. The molecule has 1 heterocycles. The summed E-state index contributed by atoms with van der Waals surface area (Å²) < 4.78 is 0. The third kappa shape index (κ3) is 2.82. The standard InChI is InChI=1S/C13H18N2O2/c16-12(17)13(6-1-2-7-13)15-9-5-11-4-3-8-14-10-11/h3-4,8,10,15H,1-2,5-7,9H2,(H,16,17). The van der Waals surface area contributed by atoms with Crippen molar-refractivity contribution in [2.24, 2.45) is 0 Å². The van der Waals surface area contributed by atoms with E-state index < -0.39 is 11.5 Å². The molecule has 0 radical (unpaired) electrons. The van der Waals surface area contributed by atoms with Crippen molar-refractivity contribution in [2.45, 2.75) is 37.6 Å². The second-order valence-corrected chi connectivity index (χ2v) is 4.63. The number of pyridine rings is 1. The van der Waals surface area contributed by atoms with E-state index in [4.69, 9.17) is 0 Å². The minimum Gasteiger partial charge on any atom is -0.480 e. The number of carboxylic acid groups (broad SMARTS) is 1. The monoisotopic (exact) mass is 234 g/mol. The number of aromatic nitrogens is 1. The van der Waals surface area contributed by atoms with Crippen molar-refractivity contribution in [1.82, 2.24) is 10.3 Å². The number of hydrogen-bond donors (Lipinski definition) is 2. The van der Waals surface area contributed by atoms with E-state index in [0.29, 0.717) is 6.54 Å². The van der Waals surface area contributed by atoms with Gasteiger partial charge in [-0.15, -0.1) is 0 Å². The van der Waals surface area contributed by atoms with Crippen LogP contribution in [0.25, 0.3) is 0 Å². The van der Waals surface area contributed by atoms with Crippen LogP contribution in [0.15, 0.2) is 24.5 Å². The first-order valence-electron chi connectivity index (χ1n) is 6.10. The smallest absolute Gasteiger partial charge is 0.323 e. The summed E-state index contributed by atoms with van der Waals surface area (Å²) in [5.41, 5.74) is 0.459. The number of aliphatic carboxylic acids is 1. The van der Waals surface area contributed by atoms with Crippen molar-refractivity contribution in [2.75, 3.05) is 6.54 Å². The Morgan fingerprint density at radius 3 is 2.82 bits per heavy atom. The molecular formula is C13H18N2O2. The molecule has 17 heavy (non-hydrogen) atoms. The zero-order valence-corrected chi connectivity index (χ0v) is 9.85. The molecule has 1 fully saturated rings. The van der Waals surface area contributed by atoms with Crippen LogP contribution in [0, 0.1) is 0 Å². The molecule has 0 unspecified atom stereocenters. The van der Waals surface area contributed by atoms with Crippen LogP contribution in [0.5, 0.6) is 0 Å². The van der Waals surface area contributed by atoms with E-state index in [1.807, 2.05) is 18.3 Å². The highest BCUT2D eigenvalue weighted by Gasteiger charge is 2.40. The fourth-order valence-electron chi connectivity index (χ4n) is 2.44. The highest BCUT2D eigenvalue weighted by Crippen LogP contribution is 2.29. The number of hydrogen-bond acceptors (Lipinski definition) is 3. The van der Waals surface area contributed by atoms with E-state index in [-0.39, 0.29) is 0 Å². The molecule has 0 saturated heterocycles. The lowest BCUT2D eigenvalue weighted by Gasteiger charge is -2.25. The Hall–Kier alpha value is -1.42. The van der Waals surface area contributed by atoms with Gasteiger partial charge in [-0.2, -0.15) is 0 Å². The molecule has 4 nitrogen and oxygen atoms in total. The number of rotatable bonds is 5. The topological polar surface area (TPSA) is 62.2 Å². The Morgan fingerprint density at radius 1 is 1.47 bits per heavy atom. The van der Waals surface area contributed by atoms with Crippen molar-refractivity contribution in [1.29, 1.82) is 0 Å². The summed E-state index contributed by atoms with van der Waals surface area (Å²) >= 11 is 0. The van der Waals surface area contributed by atoms with E-state index >= 15 is 0 Å². The van der Waals surface area contributed by atoms with E-state index in [9.17, 15) is 9.90 Å². The second kappa shape index (κ2) is 5.27. The Labute approximate surface area is 101 Å². The highest BCUT2D eigenvalue weighted by molar-refractivity contribution is 5.79. The van der Waals surface area contributed by atoms with Crippen LogP contribution >= 0.6 is 0 Å². The molecule has 92 valence electrons. The maximum Gasteiger partial charge on any atom is 0.323 e. The normalized spacial score (nSPS) is 18.1. The molecule has 0 atom stereocenters. The van der Waals surface area contributed by atoms with Gasteiger partial charge >= 0.3 is 5.97 Å². The van der Waals surface area contributed by atoms with E-state index in [2.05, 4.69) is 10.3 Å². The van der Waals surface area contributed by atoms with Crippen molar-refractivity contribution in [3.8, 4) is 0 Å². The molecule has 0 amide bonds. The van der Waals surface area contributed by atoms with Gasteiger partial charge in [-0.3, -0.25) is 9.78 Å². The Balaban J connectivity index is 1.87. The van der Waals surface area contributed by atoms with Crippen LogP contribution in [0.2, 0.25) is 0 Å². The summed E-state index contributed by atoms with van der Waals surface area (Å²) in [5.74, 6) is -0.707. The van der Waals surface area contributed by atoms with Crippen LogP contribution in [0.3, 0.4) is 0 Å². The van der Waals surface area contributed by atoms with Crippen LogP contribution in [0.4, 0.5) is 0 Å². The lowest BCUT2D eigenvalue weighted by molar-refractivity contribution is -0.144. The highest BCUT2D eigenvalue weighted by atomic mass is 16.4. The van der Waals surface area contributed by atoms with Crippen LogP contribution in [0.1, 0.15) is 31.2 Å². The molecular weight excluding hydrogens is 216 g/mol. The molecule has 1 aliphatic carbocycles. The lowest BCUT2D eigenvalue weighted by Crippen LogP contribution is -2.50. The molecule has 2 N–H and O–H groups in total. The average molecular weight is 234 g/mol. The molecule has 1 saturated carbocycles. The summed E-state index contributed by atoms with van der Waals surface area (Å²) in [6, 6.07) is 3.91. The molecule has 1 aliphatic rings. The van der Waals surface area contributed by atoms with Crippen molar-refractivity contribution >= 4 is 5.97 Å². The van der Waals surface area contributed by atoms with Crippen LogP contribution in [-0.4, -0.2) is 28.1 Å². The predicted octanol–water partition coefficient (Wildman–Crippen LogP) is 1.61. The fraction of sp³-hybridized carbons (Fsp3) is 0.538. The Kier molecular flexibility index (Phi) is 3.74. The maximum atomic E-state index is 11.3. The number of carbonyl (C=O) groups is 1. The summed E-state index contributed by atoms with van der Waals surface area (Å²) in [6.07, 6.45) is 7.89. The molecule has 1 aromatic heterocycles. The second-order valence-electron chi connectivity index (χ2n) is 4.63. The Morgan fingerprint density at radius 2 is 2.24 bits per heavy atom. The predicted molar refractivity (Wildman–Crippen MR) is 64.8 cm³/mol. The number of nitrogens with one attached hydrogen (secondary N) is 1. The van der Waals surface area contributed by atoms with Gasteiger partial charge < -0.3 is 10.4 Å². The lowest BCUT2D eigenvalue weighted by atomic mass is 9.97. The summed E-state index contributed by atoms with van der Waals surface area (Å²) in [7, 11) is 0. The molecule has 0 bridgehead atoms. The molecule has 0 spiro atoms. The first-order chi connectivity index (χ1) is 8.23. The van der Waals surface area contributed by atoms with E-state index in [1.165, 1.54) is 0 Å². The molecule has 0 aromatic carbocycles. The van der Waals surface area contributed by atoms with Crippen LogP contribution < -0.4 is 5.32 Å². The minimum atomic E-state index is -0.707. The van der Waals surface area contributed by atoms with Gasteiger partial charge in [-0.05, 0) is 30.9 Å². The molecule has 1 aromatic rings. The van der Waals surface area contributed by atoms with Gasteiger partial charge in [-0.25, -0.2) is 0 Å². The largest absolute Gasteiger partial charge is 0.480 e. The summed E-state index contributed by atoms with van der Waals surface area (Å²) in [4.78, 5) is 15.3. The third-order valence-corrected chi connectivity index (χ3v) is 3.47. The van der Waals surface area contributed by atoms with Gasteiger partial charge in [0.25, 0.3) is 0 Å². The van der Waals surface area contributed by atoms with E-state index in [0.717, 1.165) is 37.7 Å². The summed E-state index contributed by atoms with van der Waals surface area (Å²) in [6.45, 7) is 0.692. The summed E-state index contributed by atoms with van der Waals surface area (Å²) in [5, 5.41) is 12.5. The Bertz CT molecular complexity index is 372. The van der Waals surface area contributed by atoms with Gasteiger partial charge in [0, 0.05) is 18.9 Å². The maximum absolute atomic E-state index is 11.3. The van der Waals surface area contributed by atoms with Gasteiger partial charge in [0.15, 0.2) is 0 Å². The average Bonchev–Trinajstić information content (AvgIpc) is 2.80. The molecule has 2 rings (SSSR count).